The van der Waals surface area contributed by atoms with Crippen molar-refractivity contribution in [2.75, 3.05) is 19.4 Å². The Hall–Kier alpha value is -3.63. The Balaban J connectivity index is 1.43. The summed E-state index contributed by atoms with van der Waals surface area (Å²) in [5.74, 6) is 0.743. The molecule has 0 fully saturated rings. The normalized spacial score (nSPS) is 12.9. The molecule has 5 rings (SSSR count). The third-order valence-corrected chi connectivity index (χ3v) is 8.61. The largest absolute Gasteiger partial charge is 0.497 e. The van der Waals surface area contributed by atoms with Crippen LogP contribution >= 0.6 is 23.1 Å². The molecule has 196 valence electrons. The van der Waals surface area contributed by atoms with Crippen LogP contribution in [0.3, 0.4) is 0 Å². The fourth-order valence-electron chi connectivity index (χ4n) is 4.44. The van der Waals surface area contributed by atoms with Crippen molar-refractivity contribution in [3.8, 4) is 11.4 Å². The van der Waals surface area contributed by atoms with Crippen molar-refractivity contribution in [3.05, 3.63) is 80.5 Å². The number of carbonyl (C=O) groups is 2. The second kappa shape index (κ2) is 11.0. The van der Waals surface area contributed by atoms with E-state index in [2.05, 4.69) is 5.32 Å². The van der Waals surface area contributed by atoms with Gasteiger partial charge in [0.15, 0.2) is 5.16 Å². The Labute approximate surface area is 228 Å². The summed E-state index contributed by atoms with van der Waals surface area (Å²) in [7, 11) is 1.61. The lowest BCUT2D eigenvalue weighted by atomic mass is 10.1. The van der Waals surface area contributed by atoms with Gasteiger partial charge in [-0.2, -0.15) is 0 Å². The fourth-order valence-corrected chi connectivity index (χ4v) is 6.56. The van der Waals surface area contributed by atoms with Crippen LogP contribution in [0, 0.1) is 6.92 Å². The van der Waals surface area contributed by atoms with Crippen molar-refractivity contribution in [1.82, 2.24) is 19.8 Å². The van der Waals surface area contributed by atoms with Gasteiger partial charge in [0.05, 0.1) is 30.5 Å². The smallest absolute Gasteiger partial charge is 0.267 e. The molecule has 1 N–H and O–H groups in total. The molecular weight excluding hydrogens is 520 g/mol. The number of ether oxygens (including phenoxy) is 1. The van der Waals surface area contributed by atoms with Crippen LogP contribution in [0.5, 0.6) is 5.75 Å². The first-order valence-corrected chi connectivity index (χ1v) is 14.1. The molecule has 0 saturated carbocycles. The Bertz CT molecular complexity index is 1560. The average molecular weight is 549 g/mol. The minimum atomic E-state index is -0.154. The number of amides is 2. The molecule has 0 bridgehead atoms. The van der Waals surface area contributed by atoms with Crippen molar-refractivity contribution in [1.29, 1.82) is 0 Å². The van der Waals surface area contributed by atoms with Gasteiger partial charge in [-0.25, -0.2) is 4.98 Å². The summed E-state index contributed by atoms with van der Waals surface area (Å²) in [5.41, 5.74) is 3.59. The maximum atomic E-state index is 13.9. The van der Waals surface area contributed by atoms with E-state index >= 15 is 0 Å². The molecular formula is C28H28N4O4S2. The second-order valence-electron chi connectivity index (χ2n) is 9.16. The molecule has 3 heterocycles. The van der Waals surface area contributed by atoms with Gasteiger partial charge in [0, 0.05) is 24.9 Å². The van der Waals surface area contributed by atoms with E-state index in [4.69, 9.17) is 9.72 Å². The van der Waals surface area contributed by atoms with E-state index in [-0.39, 0.29) is 23.1 Å². The average Bonchev–Trinajstić information content (AvgIpc) is 3.29. The molecule has 0 unspecified atom stereocenters. The molecule has 2 amide bonds. The number of hydrogen-bond donors (Lipinski definition) is 1. The van der Waals surface area contributed by atoms with Gasteiger partial charge in [0.25, 0.3) is 5.56 Å². The van der Waals surface area contributed by atoms with Gasteiger partial charge >= 0.3 is 0 Å². The SMILES string of the molecule is COc1ccc(CNC(=O)CSc2nc3sc4c(c3c(=O)n2-c2ccc(C)cc2)CCN(C(C)=O)C4)cc1. The monoisotopic (exact) mass is 548 g/mol. The molecule has 10 heteroatoms. The van der Waals surface area contributed by atoms with Gasteiger partial charge in [0.2, 0.25) is 11.8 Å². The summed E-state index contributed by atoms with van der Waals surface area (Å²) in [5, 5.41) is 4.01. The molecule has 1 aliphatic rings. The van der Waals surface area contributed by atoms with Crippen LogP contribution in [0.2, 0.25) is 0 Å². The van der Waals surface area contributed by atoms with Crippen molar-refractivity contribution >= 4 is 45.1 Å². The molecule has 0 aliphatic carbocycles. The third kappa shape index (κ3) is 5.32. The number of nitrogens with one attached hydrogen (secondary N) is 1. The van der Waals surface area contributed by atoms with E-state index < -0.39 is 0 Å². The zero-order valence-electron chi connectivity index (χ0n) is 21.4. The number of carbonyl (C=O) groups excluding carboxylic acids is 2. The molecule has 2 aromatic heterocycles. The van der Waals surface area contributed by atoms with Crippen LogP contribution < -0.4 is 15.6 Å². The zero-order valence-corrected chi connectivity index (χ0v) is 23.1. The van der Waals surface area contributed by atoms with Gasteiger partial charge in [-0.3, -0.25) is 19.0 Å². The summed E-state index contributed by atoms with van der Waals surface area (Å²) < 4.78 is 6.78. The summed E-state index contributed by atoms with van der Waals surface area (Å²) >= 11 is 2.70. The van der Waals surface area contributed by atoms with Gasteiger partial charge < -0.3 is 15.0 Å². The first-order valence-electron chi connectivity index (χ1n) is 12.3. The Morgan fingerprint density at radius 1 is 1.13 bits per heavy atom. The van der Waals surface area contributed by atoms with Crippen molar-refractivity contribution in [2.24, 2.45) is 0 Å². The van der Waals surface area contributed by atoms with Crippen LogP contribution in [0.15, 0.2) is 58.5 Å². The zero-order chi connectivity index (χ0) is 26.8. The summed E-state index contributed by atoms with van der Waals surface area (Å²) in [6.07, 6.45) is 0.625. The van der Waals surface area contributed by atoms with E-state index in [0.29, 0.717) is 47.1 Å². The lowest BCUT2D eigenvalue weighted by molar-refractivity contribution is -0.129. The molecule has 4 aromatic rings. The first kappa shape index (κ1) is 26.0. The number of methoxy groups -OCH3 is 1. The highest BCUT2D eigenvalue weighted by atomic mass is 32.2. The maximum Gasteiger partial charge on any atom is 0.267 e. The summed E-state index contributed by atoms with van der Waals surface area (Å²) in [6, 6.07) is 15.2. The van der Waals surface area contributed by atoms with Crippen molar-refractivity contribution < 1.29 is 14.3 Å². The number of hydrogen-bond acceptors (Lipinski definition) is 7. The van der Waals surface area contributed by atoms with Crippen LogP contribution in [-0.4, -0.2) is 45.7 Å². The van der Waals surface area contributed by atoms with E-state index in [1.54, 1.807) is 23.5 Å². The number of nitrogens with zero attached hydrogens (tertiary/aromatic N) is 3. The van der Waals surface area contributed by atoms with Crippen molar-refractivity contribution in [2.45, 2.75) is 38.5 Å². The second-order valence-corrected chi connectivity index (χ2v) is 11.2. The van der Waals surface area contributed by atoms with Gasteiger partial charge in [-0.1, -0.05) is 41.6 Å². The van der Waals surface area contributed by atoms with Gasteiger partial charge in [-0.05, 0) is 48.7 Å². The third-order valence-electron chi connectivity index (χ3n) is 6.56. The summed E-state index contributed by atoms with van der Waals surface area (Å²) in [6.45, 7) is 5.03. The molecule has 38 heavy (non-hydrogen) atoms. The van der Waals surface area contributed by atoms with E-state index in [1.165, 1.54) is 23.1 Å². The van der Waals surface area contributed by atoms with Crippen molar-refractivity contribution in [3.63, 3.8) is 0 Å². The molecule has 0 spiro atoms. The Morgan fingerprint density at radius 3 is 2.55 bits per heavy atom. The van der Waals surface area contributed by atoms with E-state index in [1.807, 2.05) is 55.5 Å². The van der Waals surface area contributed by atoms with Crippen LogP contribution in [0.4, 0.5) is 0 Å². The standard InChI is InChI=1S/C28H28N4O4S2/c1-17-4-8-20(9-5-17)32-27(35)25-22-12-13-31(18(2)33)15-23(22)38-26(25)30-28(32)37-16-24(34)29-14-19-6-10-21(36-3)11-7-19/h4-11H,12-16H2,1-3H3,(H,29,34). The van der Waals surface area contributed by atoms with Crippen LogP contribution in [-0.2, 0) is 29.1 Å². The Kier molecular flexibility index (Phi) is 7.53. The molecule has 0 radical (unpaired) electrons. The number of aryl methyl sites for hydroxylation is 1. The first-order chi connectivity index (χ1) is 18.3. The van der Waals surface area contributed by atoms with Gasteiger partial charge in [0.1, 0.15) is 10.6 Å². The highest BCUT2D eigenvalue weighted by Crippen LogP contribution is 2.34. The molecule has 0 saturated heterocycles. The Morgan fingerprint density at radius 2 is 1.87 bits per heavy atom. The topological polar surface area (TPSA) is 93.5 Å². The lowest BCUT2D eigenvalue weighted by Gasteiger charge is -2.25. The number of fused-ring (bicyclic) bond motifs is 3. The van der Waals surface area contributed by atoms with Crippen LogP contribution in [0.25, 0.3) is 15.9 Å². The number of benzene rings is 2. The van der Waals surface area contributed by atoms with Crippen LogP contribution in [0.1, 0.15) is 28.5 Å². The number of rotatable bonds is 7. The molecule has 1 aliphatic heterocycles. The maximum absolute atomic E-state index is 13.9. The number of thiophene rings is 1. The molecule has 2 aromatic carbocycles. The highest BCUT2D eigenvalue weighted by molar-refractivity contribution is 7.99. The summed E-state index contributed by atoms with van der Waals surface area (Å²) in [4.78, 5) is 46.9. The fraction of sp³-hybridized carbons (Fsp3) is 0.286. The number of thioether (sulfide) groups is 1. The predicted molar refractivity (Wildman–Crippen MR) is 150 cm³/mol. The number of aromatic nitrogens is 2. The molecule has 8 nitrogen and oxygen atoms in total. The minimum absolute atomic E-state index is 0.0232. The lowest BCUT2D eigenvalue weighted by Crippen LogP contribution is -2.34. The van der Waals surface area contributed by atoms with Gasteiger partial charge in [-0.15, -0.1) is 11.3 Å². The van der Waals surface area contributed by atoms with E-state index in [9.17, 15) is 14.4 Å². The highest BCUT2D eigenvalue weighted by Gasteiger charge is 2.26. The van der Waals surface area contributed by atoms with E-state index in [0.717, 1.165) is 27.3 Å². The predicted octanol–water partition coefficient (Wildman–Crippen LogP) is 4.08. The molecule has 0 atom stereocenters. The minimum Gasteiger partial charge on any atom is -0.497 e. The quantitative estimate of drug-likeness (QED) is 0.276.